The van der Waals surface area contributed by atoms with Gasteiger partial charge >= 0.3 is 0 Å². The van der Waals surface area contributed by atoms with Crippen molar-refractivity contribution in [1.29, 1.82) is 0 Å². The van der Waals surface area contributed by atoms with E-state index >= 15 is 0 Å². The summed E-state index contributed by atoms with van der Waals surface area (Å²) in [6.07, 6.45) is 0.727. The van der Waals surface area contributed by atoms with Crippen molar-refractivity contribution in [3.05, 3.63) is 32.4 Å². The summed E-state index contributed by atoms with van der Waals surface area (Å²) in [6, 6.07) is 3.62. The van der Waals surface area contributed by atoms with Crippen LogP contribution in [0, 0.1) is 10.5 Å². The summed E-state index contributed by atoms with van der Waals surface area (Å²) < 4.78 is 0.828. The Morgan fingerprint density at radius 3 is 2.71 bits per heavy atom. The van der Waals surface area contributed by atoms with Gasteiger partial charge in [-0.15, -0.1) is 0 Å². The quantitative estimate of drug-likeness (QED) is 0.356. The Hall–Kier alpha value is -0.230. The van der Waals surface area contributed by atoms with Crippen LogP contribution in [0.25, 0.3) is 0 Å². The molecule has 0 radical (unpaired) electrons. The number of ketones is 1. The van der Waals surface area contributed by atoms with Crippen LogP contribution in [-0.2, 0) is 0 Å². The van der Waals surface area contributed by atoms with Gasteiger partial charge in [0.2, 0.25) is 0 Å². The lowest BCUT2D eigenvalue weighted by atomic mass is 10.0. The number of rotatable bonds is 3. The Labute approximate surface area is 104 Å². The van der Waals surface area contributed by atoms with Crippen molar-refractivity contribution < 1.29 is 9.59 Å². The molecule has 74 valence electrons. The van der Waals surface area contributed by atoms with Crippen LogP contribution in [0.3, 0.4) is 0 Å². The second kappa shape index (κ2) is 5.02. The van der Waals surface area contributed by atoms with Crippen LogP contribution < -0.4 is 0 Å². The second-order valence-corrected chi connectivity index (χ2v) is 4.61. The van der Waals surface area contributed by atoms with Crippen LogP contribution in [0.1, 0.15) is 26.3 Å². The highest BCUT2D eigenvalue weighted by Crippen LogP contribution is 2.19. The predicted octanol–water partition coefficient (Wildman–Crippen LogP) is 2.99. The lowest BCUT2D eigenvalue weighted by Gasteiger charge is -2.06. The van der Waals surface area contributed by atoms with Gasteiger partial charge in [-0.2, -0.15) is 0 Å². The Balaban J connectivity index is 3.39. The first-order chi connectivity index (χ1) is 6.60. The summed E-state index contributed by atoms with van der Waals surface area (Å²) in [5, 5.41) is 0.243. The average molecular weight is 367 g/mol. The minimum Gasteiger partial charge on any atom is -0.298 e. The van der Waals surface area contributed by atoms with Gasteiger partial charge in [0.25, 0.3) is 0 Å². The summed E-state index contributed by atoms with van der Waals surface area (Å²) in [5.74, 6) is -0.0588. The van der Waals surface area contributed by atoms with Gasteiger partial charge in [-0.1, -0.05) is 15.9 Å². The number of halogens is 2. The fourth-order valence-corrected chi connectivity index (χ4v) is 2.61. The summed E-state index contributed by atoms with van der Waals surface area (Å²) in [5.41, 5.74) is 1.98. The first-order valence-electron chi connectivity index (χ1n) is 3.94. The van der Waals surface area contributed by atoms with Crippen LogP contribution in [0.15, 0.2) is 12.1 Å². The largest absolute Gasteiger partial charge is 0.298 e. The van der Waals surface area contributed by atoms with E-state index in [-0.39, 0.29) is 11.1 Å². The van der Waals surface area contributed by atoms with Crippen molar-refractivity contribution in [3.63, 3.8) is 0 Å². The molecule has 0 aromatic heterocycles. The Morgan fingerprint density at radius 2 is 2.21 bits per heavy atom. The van der Waals surface area contributed by atoms with Gasteiger partial charge in [0.1, 0.15) is 0 Å². The number of aldehydes is 1. The van der Waals surface area contributed by atoms with E-state index in [2.05, 4.69) is 38.5 Å². The number of benzene rings is 1. The van der Waals surface area contributed by atoms with Crippen molar-refractivity contribution in [3.8, 4) is 0 Å². The van der Waals surface area contributed by atoms with Crippen LogP contribution in [0.4, 0.5) is 0 Å². The molecule has 0 aliphatic carbocycles. The minimum absolute atomic E-state index is 0.0588. The smallest absolute Gasteiger partial charge is 0.175 e. The van der Waals surface area contributed by atoms with Crippen LogP contribution in [0.5, 0.6) is 0 Å². The molecular weight excluding hydrogens is 359 g/mol. The molecule has 0 fully saturated rings. The minimum atomic E-state index is -0.0588. The molecule has 0 saturated carbocycles. The summed E-state index contributed by atoms with van der Waals surface area (Å²) in [6.45, 7) is 1.90. The van der Waals surface area contributed by atoms with Crippen molar-refractivity contribution in [2.75, 3.05) is 5.33 Å². The number of hydrogen-bond acceptors (Lipinski definition) is 2. The standard InChI is InChI=1S/C10H8BrIO2/c1-6-2-7(5-13)10(8(12)3-6)9(14)4-11/h2-3,5H,4H2,1H3. The number of hydrogen-bond donors (Lipinski definition) is 0. The lowest BCUT2D eigenvalue weighted by molar-refractivity contribution is 0.101. The van der Waals surface area contributed by atoms with E-state index in [9.17, 15) is 9.59 Å². The monoisotopic (exact) mass is 366 g/mol. The molecule has 0 N–H and O–H groups in total. The molecule has 1 rings (SSSR count). The Kier molecular flexibility index (Phi) is 4.25. The Morgan fingerprint density at radius 1 is 1.57 bits per heavy atom. The van der Waals surface area contributed by atoms with Crippen molar-refractivity contribution in [1.82, 2.24) is 0 Å². The highest BCUT2D eigenvalue weighted by atomic mass is 127. The van der Waals surface area contributed by atoms with E-state index in [1.165, 1.54) is 0 Å². The SMILES string of the molecule is Cc1cc(I)c(C(=O)CBr)c(C=O)c1. The molecule has 14 heavy (non-hydrogen) atoms. The average Bonchev–Trinajstić information content (AvgIpc) is 2.15. The molecular formula is C10H8BrIO2. The summed E-state index contributed by atoms with van der Waals surface area (Å²) >= 11 is 5.17. The van der Waals surface area contributed by atoms with E-state index < -0.39 is 0 Å². The van der Waals surface area contributed by atoms with Crippen LogP contribution >= 0.6 is 38.5 Å². The zero-order valence-electron chi connectivity index (χ0n) is 7.51. The van der Waals surface area contributed by atoms with Crippen molar-refractivity contribution in [2.45, 2.75) is 6.92 Å². The molecule has 0 unspecified atom stereocenters. The molecule has 0 aliphatic heterocycles. The van der Waals surface area contributed by atoms with Gasteiger partial charge in [0.05, 0.1) is 5.33 Å². The molecule has 4 heteroatoms. The summed E-state index contributed by atoms with van der Waals surface area (Å²) in [7, 11) is 0. The van der Waals surface area contributed by atoms with Gasteiger partial charge in [0, 0.05) is 14.7 Å². The van der Waals surface area contributed by atoms with E-state index in [0.29, 0.717) is 11.1 Å². The maximum Gasteiger partial charge on any atom is 0.175 e. The number of aryl methyl sites for hydroxylation is 1. The van der Waals surface area contributed by atoms with E-state index in [4.69, 9.17) is 0 Å². The maximum atomic E-state index is 11.5. The molecule has 1 aromatic carbocycles. The third kappa shape index (κ3) is 2.42. The molecule has 0 saturated heterocycles. The van der Waals surface area contributed by atoms with Gasteiger partial charge < -0.3 is 0 Å². The van der Waals surface area contributed by atoms with Gasteiger partial charge in [0.15, 0.2) is 12.1 Å². The predicted molar refractivity (Wildman–Crippen MR) is 67.4 cm³/mol. The number of carbonyl (C=O) groups excluding carboxylic acids is 2. The molecule has 0 bridgehead atoms. The van der Waals surface area contributed by atoms with Gasteiger partial charge in [-0.3, -0.25) is 9.59 Å². The molecule has 1 aromatic rings. The molecule has 2 nitrogen and oxygen atoms in total. The first kappa shape index (κ1) is 11.8. The zero-order chi connectivity index (χ0) is 10.7. The van der Waals surface area contributed by atoms with Crippen LogP contribution in [-0.4, -0.2) is 17.4 Å². The number of carbonyl (C=O) groups is 2. The van der Waals surface area contributed by atoms with Crippen molar-refractivity contribution >= 4 is 50.6 Å². The zero-order valence-corrected chi connectivity index (χ0v) is 11.3. The van der Waals surface area contributed by atoms with Crippen LogP contribution in [0.2, 0.25) is 0 Å². The highest BCUT2D eigenvalue weighted by Gasteiger charge is 2.14. The normalized spacial score (nSPS) is 9.93. The third-order valence-corrected chi connectivity index (χ3v) is 3.15. The molecule has 0 aliphatic rings. The Bertz CT molecular complexity index is 388. The first-order valence-corrected chi connectivity index (χ1v) is 6.14. The number of alkyl halides is 1. The molecule has 0 atom stereocenters. The lowest BCUT2D eigenvalue weighted by Crippen LogP contribution is -2.07. The fraction of sp³-hybridized carbons (Fsp3) is 0.200. The molecule has 0 amide bonds. The van der Waals surface area contributed by atoms with Crippen molar-refractivity contribution in [2.24, 2.45) is 0 Å². The highest BCUT2D eigenvalue weighted by molar-refractivity contribution is 14.1. The third-order valence-electron chi connectivity index (χ3n) is 1.79. The summed E-state index contributed by atoms with van der Waals surface area (Å²) in [4.78, 5) is 22.3. The second-order valence-electron chi connectivity index (χ2n) is 2.89. The van der Waals surface area contributed by atoms with E-state index in [1.54, 1.807) is 6.07 Å². The molecule has 0 spiro atoms. The van der Waals surface area contributed by atoms with E-state index in [1.807, 2.05) is 13.0 Å². The maximum absolute atomic E-state index is 11.5. The topological polar surface area (TPSA) is 34.1 Å². The van der Waals surface area contributed by atoms with Gasteiger partial charge in [-0.25, -0.2) is 0 Å². The molecule has 0 heterocycles. The van der Waals surface area contributed by atoms with E-state index in [0.717, 1.165) is 15.4 Å². The van der Waals surface area contributed by atoms with Gasteiger partial charge in [-0.05, 0) is 47.2 Å². The fourth-order valence-electron chi connectivity index (χ4n) is 1.22. The number of Topliss-reactive ketones (excluding diaryl/α,β-unsaturated/α-hetero) is 1.